The maximum absolute atomic E-state index is 11.6. The molecule has 0 saturated carbocycles. The van der Waals surface area contributed by atoms with Crippen LogP contribution in [0.15, 0.2) is 18.2 Å². The first-order chi connectivity index (χ1) is 9.43. The quantitative estimate of drug-likeness (QED) is 0.805. The van der Waals surface area contributed by atoms with Crippen LogP contribution in [0.5, 0.6) is 0 Å². The molecule has 1 rings (SSSR count). The van der Waals surface area contributed by atoms with Crippen molar-refractivity contribution in [3.63, 3.8) is 0 Å². The Bertz CT molecular complexity index is 490. The van der Waals surface area contributed by atoms with Crippen molar-refractivity contribution in [2.45, 2.75) is 25.9 Å². The number of aliphatic carboxylic acids is 1. The van der Waals surface area contributed by atoms with E-state index in [-0.39, 0.29) is 18.9 Å². The summed E-state index contributed by atoms with van der Waals surface area (Å²) in [5, 5.41) is 12.0. The summed E-state index contributed by atoms with van der Waals surface area (Å²) in [5.41, 5.74) is 1.96. The molecule has 20 heavy (non-hydrogen) atoms. The average molecular weight is 300 g/mol. The number of nitrogens with one attached hydrogen (secondary N) is 1. The minimum Gasteiger partial charge on any atom is -0.479 e. The van der Waals surface area contributed by atoms with E-state index in [4.69, 9.17) is 21.4 Å². The molecule has 0 aliphatic carbocycles. The van der Waals surface area contributed by atoms with Crippen LogP contribution in [-0.2, 0) is 20.7 Å². The number of ether oxygens (including phenoxy) is 1. The maximum atomic E-state index is 11.6. The van der Waals surface area contributed by atoms with Gasteiger partial charge in [0.05, 0.1) is 6.54 Å². The molecule has 1 aromatic rings. The Morgan fingerprint density at radius 2 is 2.15 bits per heavy atom. The second kappa shape index (κ2) is 7.87. The summed E-state index contributed by atoms with van der Waals surface area (Å²) in [6.45, 7) is 1.87. The molecule has 1 amide bonds. The smallest absolute Gasteiger partial charge is 0.334 e. The second-order valence-corrected chi connectivity index (χ2v) is 4.86. The molecule has 1 atom stereocenters. The van der Waals surface area contributed by atoms with Gasteiger partial charge in [0.15, 0.2) is 6.10 Å². The molecule has 0 heterocycles. The van der Waals surface area contributed by atoms with Gasteiger partial charge in [0.25, 0.3) is 0 Å². The topological polar surface area (TPSA) is 75.6 Å². The van der Waals surface area contributed by atoms with E-state index in [2.05, 4.69) is 5.32 Å². The van der Waals surface area contributed by atoms with Crippen molar-refractivity contribution in [1.29, 1.82) is 0 Å². The van der Waals surface area contributed by atoms with Crippen molar-refractivity contribution in [2.75, 3.05) is 13.7 Å². The lowest BCUT2D eigenvalue weighted by Crippen LogP contribution is -2.37. The van der Waals surface area contributed by atoms with E-state index in [1.807, 2.05) is 25.1 Å². The van der Waals surface area contributed by atoms with Crippen LogP contribution in [0.4, 0.5) is 0 Å². The third-order valence-corrected chi connectivity index (χ3v) is 3.33. The monoisotopic (exact) mass is 299 g/mol. The number of hydrogen-bond donors (Lipinski definition) is 2. The number of carboxylic acids is 1. The van der Waals surface area contributed by atoms with E-state index in [1.54, 1.807) is 0 Å². The highest BCUT2D eigenvalue weighted by atomic mass is 35.5. The summed E-state index contributed by atoms with van der Waals surface area (Å²) < 4.78 is 4.72. The summed E-state index contributed by atoms with van der Waals surface area (Å²) in [6.07, 6.45) is -0.195. The zero-order valence-electron chi connectivity index (χ0n) is 11.5. The fourth-order valence-electron chi connectivity index (χ4n) is 1.62. The van der Waals surface area contributed by atoms with E-state index in [0.29, 0.717) is 11.4 Å². The Labute approximate surface area is 122 Å². The lowest BCUT2D eigenvalue weighted by atomic mass is 10.1. The molecular weight excluding hydrogens is 282 g/mol. The van der Waals surface area contributed by atoms with Crippen LogP contribution in [0.1, 0.15) is 17.5 Å². The third-order valence-electron chi connectivity index (χ3n) is 2.92. The van der Waals surface area contributed by atoms with E-state index in [9.17, 15) is 9.59 Å². The number of amides is 1. The SMILES string of the molecule is COC(CNC(=O)CCc1ccc(C)c(Cl)c1)C(=O)O. The molecule has 5 nitrogen and oxygen atoms in total. The summed E-state index contributed by atoms with van der Waals surface area (Å²) >= 11 is 6.00. The van der Waals surface area contributed by atoms with E-state index in [0.717, 1.165) is 11.1 Å². The average Bonchev–Trinajstić information content (AvgIpc) is 2.40. The van der Waals surface area contributed by atoms with Gasteiger partial charge in [-0.2, -0.15) is 0 Å². The number of methoxy groups -OCH3 is 1. The summed E-state index contributed by atoms with van der Waals surface area (Å²) in [6, 6.07) is 5.66. The van der Waals surface area contributed by atoms with Crippen molar-refractivity contribution < 1.29 is 19.4 Å². The standard InChI is InChI=1S/C14H18ClNO4/c1-9-3-4-10(7-11(9)15)5-6-13(17)16-8-12(20-2)14(18)19/h3-4,7,12H,5-6,8H2,1-2H3,(H,16,17)(H,18,19). The van der Waals surface area contributed by atoms with Gasteiger partial charge in [0, 0.05) is 18.6 Å². The molecule has 2 N–H and O–H groups in total. The van der Waals surface area contributed by atoms with Gasteiger partial charge in [0.2, 0.25) is 5.91 Å². The molecule has 0 aliphatic rings. The molecule has 0 spiro atoms. The number of carboxylic acid groups (broad SMARTS) is 1. The number of rotatable bonds is 7. The van der Waals surface area contributed by atoms with Crippen LogP contribution in [0.25, 0.3) is 0 Å². The van der Waals surface area contributed by atoms with E-state index < -0.39 is 12.1 Å². The lowest BCUT2D eigenvalue weighted by Gasteiger charge is -2.11. The Balaban J connectivity index is 2.39. The normalized spacial score (nSPS) is 11.9. The van der Waals surface area contributed by atoms with Crippen LogP contribution >= 0.6 is 11.6 Å². The molecule has 110 valence electrons. The van der Waals surface area contributed by atoms with E-state index >= 15 is 0 Å². The summed E-state index contributed by atoms with van der Waals surface area (Å²) in [5.74, 6) is -1.32. The molecule has 0 radical (unpaired) electrons. The van der Waals surface area contributed by atoms with Gasteiger partial charge >= 0.3 is 5.97 Å². The summed E-state index contributed by atoms with van der Waals surface area (Å²) in [4.78, 5) is 22.3. The predicted octanol–water partition coefficient (Wildman–Crippen LogP) is 1.80. The molecule has 1 aromatic carbocycles. The lowest BCUT2D eigenvalue weighted by molar-refractivity contribution is -0.148. The number of hydrogen-bond acceptors (Lipinski definition) is 3. The van der Waals surface area contributed by atoms with Crippen LogP contribution in [0.2, 0.25) is 5.02 Å². The molecule has 6 heteroatoms. The number of carbonyl (C=O) groups excluding carboxylic acids is 1. The fourth-order valence-corrected chi connectivity index (χ4v) is 1.82. The summed E-state index contributed by atoms with van der Waals surface area (Å²) in [7, 11) is 1.29. The van der Waals surface area contributed by atoms with Crippen LogP contribution < -0.4 is 5.32 Å². The zero-order chi connectivity index (χ0) is 15.1. The van der Waals surface area contributed by atoms with Crippen molar-refractivity contribution in [1.82, 2.24) is 5.32 Å². The van der Waals surface area contributed by atoms with Crippen molar-refractivity contribution in [3.05, 3.63) is 34.3 Å². The van der Waals surface area contributed by atoms with Gasteiger partial charge in [-0.25, -0.2) is 4.79 Å². The molecule has 0 saturated heterocycles. The minimum absolute atomic E-state index is 0.0423. The van der Waals surface area contributed by atoms with Gasteiger partial charge in [-0.3, -0.25) is 4.79 Å². The number of carbonyl (C=O) groups is 2. The minimum atomic E-state index is -1.10. The first kappa shape index (κ1) is 16.5. The molecule has 0 fully saturated rings. The van der Waals surface area contributed by atoms with Gasteiger partial charge in [-0.15, -0.1) is 0 Å². The fraction of sp³-hybridized carbons (Fsp3) is 0.429. The second-order valence-electron chi connectivity index (χ2n) is 4.45. The number of aryl methyl sites for hydroxylation is 2. The predicted molar refractivity (Wildman–Crippen MR) is 76.0 cm³/mol. The molecule has 0 aliphatic heterocycles. The van der Waals surface area contributed by atoms with Crippen LogP contribution in [-0.4, -0.2) is 36.7 Å². The highest BCUT2D eigenvalue weighted by molar-refractivity contribution is 6.31. The first-order valence-electron chi connectivity index (χ1n) is 6.21. The maximum Gasteiger partial charge on any atom is 0.334 e. The largest absolute Gasteiger partial charge is 0.479 e. The Hall–Kier alpha value is -1.59. The van der Waals surface area contributed by atoms with Gasteiger partial charge < -0.3 is 15.2 Å². The molecule has 1 unspecified atom stereocenters. The van der Waals surface area contributed by atoms with Crippen molar-refractivity contribution in [3.8, 4) is 0 Å². The number of benzene rings is 1. The highest BCUT2D eigenvalue weighted by Gasteiger charge is 2.16. The van der Waals surface area contributed by atoms with E-state index in [1.165, 1.54) is 7.11 Å². The molecular formula is C14H18ClNO4. The van der Waals surface area contributed by atoms with Crippen molar-refractivity contribution >= 4 is 23.5 Å². The van der Waals surface area contributed by atoms with Gasteiger partial charge in [-0.1, -0.05) is 23.7 Å². The van der Waals surface area contributed by atoms with Gasteiger partial charge in [-0.05, 0) is 30.5 Å². The third kappa shape index (κ3) is 5.19. The highest BCUT2D eigenvalue weighted by Crippen LogP contribution is 2.17. The van der Waals surface area contributed by atoms with Crippen LogP contribution in [0.3, 0.4) is 0 Å². The van der Waals surface area contributed by atoms with Gasteiger partial charge in [0.1, 0.15) is 0 Å². The molecule has 0 aromatic heterocycles. The Morgan fingerprint density at radius 3 is 2.70 bits per heavy atom. The van der Waals surface area contributed by atoms with Crippen LogP contribution in [0, 0.1) is 6.92 Å². The molecule has 0 bridgehead atoms. The zero-order valence-corrected chi connectivity index (χ0v) is 12.2. The van der Waals surface area contributed by atoms with Crippen molar-refractivity contribution in [2.24, 2.45) is 0 Å². The first-order valence-corrected chi connectivity index (χ1v) is 6.59. The Kier molecular flexibility index (Phi) is 6.48. The Morgan fingerprint density at radius 1 is 1.45 bits per heavy atom. The number of halogens is 1.